The first-order chi connectivity index (χ1) is 18.9. The number of piperazine rings is 1. The Morgan fingerprint density at radius 3 is 2.46 bits per heavy atom. The van der Waals surface area contributed by atoms with E-state index in [9.17, 15) is 5.26 Å². The van der Waals surface area contributed by atoms with Crippen LogP contribution in [0.5, 0.6) is 0 Å². The van der Waals surface area contributed by atoms with Crippen LogP contribution in [0.2, 0.25) is 0 Å². The van der Waals surface area contributed by atoms with E-state index in [-0.39, 0.29) is 0 Å². The molecule has 0 amide bonds. The summed E-state index contributed by atoms with van der Waals surface area (Å²) in [5.74, 6) is 1.91. The summed E-state index contributed by atoms with van der Waals surface area (Å²) in [6, 6.07) is 14.5. The molecule has 0 atom stereocenters. The van der Waals surface area contributed by atoms with Crippen molar-refractivity contribution in [2.24, 2.45) is 15.0 Å². The number of nitrogen functional groups attached to an aromatic ring is 1. The van der Waals surface area contributed by atoms with Crippen molar-refractivity contribution in [2.75, 3.05) is 43.9 Å². The number of allylic oxidation sites excluding steroid dienone is 2. The topological polar surface area (TPSA) is 110 Å². The van der Waals surface area contributed by atoms with Gasteiger partial charge in [0.1, 0.15) is 11.5 Å². The van der Waals surface area contributed by atoms with Crippen LogP contribution < -0.4 is 10.6 Å². The summed E-state index contributed by atoms with van der Waals surface area (Å²) in [5, 5.41) is 9.34. The number of rotatable bonds is 7. The molecule has 0 unspecified atom stereocenters. The van der Waals surface area contributed by atoms with Crippen LogP contribution in [0.25, 0.3) is 0 Å². The lowest BCUT2D eigenvalue weighted by molar-refractivity contribution is 0.155. The molecule has 1 aromatic carbocycles. The third kappa shape index (κ3) is 5.81. The maximum Gasteiger partial charge on any atom is 0.159 e. The number of nitrogens with two attached hydrogens (primary N) is 1. The maximum absolute atomic E-state index is 9.34. The zero-order valence-electron chi connectivity index (χ0n) is 23.1. The van der Waals surface area contributed by atoms with Crippen LogP contribution >= 0.6 is 0 Å². The second kappa shape index (κ2) is 12.3. The van der Waals surface area contributed by atoms with Gasteiger partial charge in [0.15, 0.2) is 11.7 Å². The highest BCUT2D eigenvalue weighted by atomic mass is 15.3. The molecule has 9 heteroatoms. The highest BCUT2D eigenvalue weighted by molar-refractivity contribution is 6.34. The van der Waals surface area contributed by atoms with Gasteiger partial charge in [0, 0.05) is 57.9 Å². The van der Waals surface area contributed by atoms with Crippen molar-refractivity contribution in [3.8, 4) is 6.07 Å². The molecular formula is C30H35N9. The number of pyridine rings is 1. The highest BCUT2D eigenvalue weighted by Crippen LogP contribution is 2.29. The molecule has 0 saturated carbocycles. The Balaban J connectivity index is 1.46. The number of anilines is 2. The van der Waals surface area contributed by atoms with Crippen LogP contribution in [0.4, 0.5) is 11.5 Å². The minimum atomic E-state index is 0.430. The summed E-state index contributed by atoms with van der Waals surface area (Å²) in [6.45, 7) is 14.1. The van der Waals surface area contributed by atoms with Gasteiger partial charge >= 0.3 is 0 Å². The predicted octanol–water partition coefficient (Wildman–Crippen LogP) is 4.38. The SMILES string of the molecule is C=C(/C(N=CC)=C(/C)C#N)N1CCN(Cc2ccc(N3C(=NC)/C(=C\C)N=C3c3cccnc3N)cc2)CC1. The van der Waals surface area contributed by atoms with E-state index in [1.54, 1.807) is 26.4 Å². The number of aliphatic imine (C=N–C) groups is 3. The molecule has 4 rings (SSSR count). The van der Waals surface area contributed by atoms with Crippen molar-refractivity contribution in [3.05, 3.63) is 89.0 Å². The fourth-order valence-corrected chi connectivity index (χ4v) is 4.77. The van der Waals surface area contributed by atoms with Crippen LogP contribution in [0, 0.1) is 11.3 Å². The van der Waals surface area contributed by atoms with Crippen LogP contribution in [0.15, 0.2) is 92.9 Å². The molecule has 0 spiro atoms. The van der Waals surface area contributed by atoms with E-state index in [2.05, 4.69) is 61.7 Å². The van der Waals surface area contributed by atoms with E-state index in [4.69, 9.17) is 10.7 Å². The number of benzene rings is 1. The highest BCUT2D eigenvalue weighted by Gasteiger charge is 2.31. The van der Waals surface area contributed by atoms with Crippen molar-refractivity contribution < 1.29 is 0 Å². The van der Waals surface area contributed by atoms with E-state index < -0.39 is 0 Å². The van der Waals surface area contributed by atoms with Gasteiger partial charge < -0.3 is 10.6 Å². The number of hydrogen-bond donors (Lipinski definition) is 1. The van der Waals surface area contributed by atoms with E-state index >= 15 is 0 Å². The quantitative estimate of drug-likeness (QED) is 0.329. The minimum Gasteiger partial charge on any atom is -0.383 e. The Morgan fingerprint density at radius 2 is 1.87 bits per heavy atom. The molecule has 1 fully saturated rings. The lowest BCUT2D eigenvalue weighted by Gasteiger charge is -2.37. The Hall–Kier alpha value is -4.55. The largest absolute Gasteiger partial charge is 0.383 e. The number of aromatic nitrogens is 1. The molecule has 0 bridgehead atoms. The van der Waals surface area contributed by atoms with Gasteiger partial charge in [-0.2, -0.15) is 5.26 Å². The van der Waals surface area contributed by atoms with Gasteiger partial charge in [0.2, 0.25) is 0 Å². The molecular weight excluding hydrogens is 486 g/mol. The lowest BCUT2D eigenvalue weighted by atomic mass is 10.1. The monoisotopic (exact) mass is 521 g/mol. The van der Waals surface area contributed by atoms with Crippen molar-refractivity contribution in [3.63, 3.8) is 0 Å². The first-order valence-electron chi connectivity index (χ1n) is 13.0. The third-order valence-corrected chi connectivity index (χ3v) is 6.85. The normalized spacial score (nSPS) is 19.0. The predicted molar refractivity (Wildman–Crippen MR) is 160 cm³/mol. The number of nitrogens with zero attached hydrogens (tertiary/aromatic N) is 8. The molecule has 1 aromatic heterocycles. The Bertz CT molecular complexity index is 1410. The van der Waals surface area contributed by atoms with E-state index in [0.717, 1.165) is 61.2 Å². The molecule has 2 aromatic rings. The van der Waals surface area contributed by atoms with E-state index in [1.807, 2.05) is 37.0 Å². The van der Waals surface area contributed by atoms with Gasteiger partial charge in [-0.25, -0.2) is 9.98 Å². The molecule has 2 N–H and O–H groups in total. The fraction of sp³-hybridized carbons (Fsp3) is 0.300. The number of nitriles is 1. The Morgan fingerprint density at radius 1 is 1.15 bits per heavy atom. The number of amidine groups is 2. The molecule has 9 nitrogen and oxygen atoms in total. The molecule has 3 heterocycles. The average Bonchev–Trinajstić information content (AvgIpc) is 3.34. The summed E-state index contributed by atoms with van der Waals surface area (Å²) in [6.07, 6.45) is 5.34. The van der Waals surface area contributed by atoms with Gasteiger partial charge in [0.25, 0.3) is 0 Å². The van der Waals surface area contributed by atoms with Crippen molar-refractivity contribution in [2.45, 2.75) is 27.3 Å². The average molecular weight is 522 g/mol. The van der Waals surface area contributed by atoms with Crippen molar-refractivity contribution in [1.29, 1.82) is 5.26 Å². The van der Waals surface area contributed by atoms with Crippen LogP contribution in [0.1, 0.15) is 31.9 Å². The maximum atomic E-state index is 9.34. The summed E-state index contributed by atoms with van der Waals surface area (Å²) in [5.41, 5.74) is 12.0. The minimum absolute atomic E-state index is 0.430. The Labute approximate surface area is 230 Å². The molecule has 2 aliphatic heterocycles. The van der Waals surface area contributed by atoms with Crippen molar-refractivity contribution >= 4 is 29.4 Å². The van der Waals surface area contributed by atoms with Gasteiger partial charge in [-0.15, -0.1) is 0 Å². The van der Waals surface area contributed by atoms with Gasteiger partial charge in [-0.05, 0) is 50.6 Å². The molecule has 0 aliphatic carbocycles. The van der Waals surface area contributed by atoms with Gasteiger partial charge in [-0.1, -0.05) is 24.8 Å². The Kier molecular flexibility index (Phi) is 8.69. The smallest absolute Gasteiger partial charge is 0.159 e. The molecule has 2 aliphatic rings. The molecule has 0 radical (unpaired) electrons. The lowest BCUT2D eigenvalue weighted by Crippen LogP contribution is -2.45. The number of hydrogen-bond acceptors (Lipinski definition) is 8. The van der Waals surface area contributed by atoms with E-state index in [0.29, 0.717) is 22.9 Å². The molecule has 1 saturated heterocycles. The second-order valence-electron chi connectivity index (χ2n) is 9.28. The zero-order valence-corrected chi connectivity index (χ0v) is 23.1. The summed E-state index contributed by atoms with van der Waals surface area (Å²) in [4.78, 5) is 24.7. The molecule has 200 valence electrons. The van der Waals surface area contributed by atoms with E-state index in [1.165, 1.54) is 5.56 Å². The summed E-state index contributed by atoms with van der Waals surface area (Å²) < 4.78 is 0. The first-order valence-corrected chi connectivity index (χ1v) is 13.0. The van der Waals surface area contributed by atoms with Crippen LogP contribution in [-0.4, -0.2) is 65.9 Å². The second-order valence-corrected chi connectivity index (χ2v) is 9.28. The molecule has 39 heavy (non-hydrogen) atoms. The van der Waals surface area contributed by atoms with Gasteiger partial charge in [-0.3, -0.25) is 19.8 Å². The first kappa shape index (κ1) is 27.5. The van der Waals surface area contributed by atoms with Crippen LogP contribution in [-0.2, 0) is 6.54 Å². The third-order valence-electron chi connectivity index (χ3n) is 6.85. The van der Waals surface area contributed by atoms with Crippen molar-refractivity contribution in [1.82, 2.24) is 14.8 Å². The summed E-state index contributed by atoms with van der Waals surface area (Å²) in [7, 11) is 1.77. The van der Waals surface area contributed by atoms with Gasteiger partial charge in [0.05, 0.1) is 28.6 Å². The van der Waals surface area contributed by atoms with Crippen LogP contribution in [0.3, 0.4) is 0 Å². The summed E-state index contributed by atoms with van der Waals surface area (Å²) >= 11 is 0. The fourth-order valence-electron chi connectivity index (χ4n) is 4.77. The standard InChI is InChI=1S/C30H35N9/c1-6-26-30(33-5)39(29(36-26)25-9-8-14-35-28(25)32)24-12-10-23(11-13-24)20-37-15-17-38(18-16-37)22(4)27(34-7-2)21(3)19-31/h6-14H,4,15-18,20H2,1-3,5H3,(H2,32,35)/b26-6+,27-21+,33-30?,34-7?. The zero-order chi connectivity index (χ0) is 27.9.